The lowest BCUT2D eigenvalue weighted by molar-refractivity contribution is 0.762. The zero-order valence-corrected chi connectivity index (χ0v) is 9.49. The van der Waals surface area contributed by atoms with Crippen LogP contribution in [-0.4, -0.2) is 21.2 Å². The Bertz CT molecular complexity index is 106. The molecular weight excluding hydrogens is 150 g/mol. The highest BCUT2D eigenvalue weighted by molar-refractivity contribution is 6.83. The molecule has 0 aromatic rings. The van der Waals surface area contributed by atoms with Gasteiger partial charge in [-0.1, -0.05) is 33.5 Å². The molecule has 0 saturated heterocycles. The zero-order chi connectivity index (χ0) is 9.33. The van der Waals surface area contributed by atoms with Crippen LogP contribution in [0.15, 0.2) is 0 Å². The quantitative estimate of drug-likeness (QED) is 0.496. The smallest absolute Gasteiger partial charge is 0.128 e. The van der Waals surface area contributed by atoms with Crippen molar-refractivity contribution in [2.24, 2.45) is 0 Å². The second-order valence-corrected chi connectivity index (χ2v) is 8.14. The van der Waals surface area contributed by atoms with E-state index >= 15 is 0 Å². The van der Waals surface area contributed by atoms with Crippen molar-refractivity contribution in [2.75, 3.05) is 13.1 Å². The van der Waals surface area contributed by atoms with Gasteiger partial charge in [0.25, 0.3) is 0 Å². The second kappa shape index (κ2) is 7.84. The Kier molecular flexibility index (Phi) is 9.50. The van der Waals surface area contributed by atoms with Gasteiger partial charge >= 0.3 is 0 Å². The number of hydrogen-bond donors (Lipinski definition) is 1. The van der Waals surface area contributed by atoms with E-state index in [-0.39, 0.29) is 0 Å². The summed E-state index contributed by atoms with van der Waals surface area (Å²) in [5.74, 6) is 0. The van der Waals surface area contributed by atoms with E-state index in [1.807, 2.05) is 0 Å². The molecule has 1 nitrogen and oxygen atoms in total. The third-order valence-corrected chi connectivity index (χ3v) is 1.80. The summed E-state index contributed by atoms with van der Waals surface area (Å²) >= 11 is 0. The molecule has 1 N–H and O–H groups in total. The second-order valence-electron chi connectivity index (χ2n) is 3.35. The summed E-state index contributed by atoms with van der Waals surface area (Å²) in [6.45, 7) is 12.8. The van der Waals surface area contributed by atoms with Crippen molar-refractivity contribution >= 4 is 8.07 Å². The van der Waals surface area contributed by atoms with E-state index in [9.17, 15) is 0 Å². The predicted octanol–water partition coefficient (Wildman–Crippen LogP) is 2.11. The van der Waals surface area contributed by atoms with Crippen LogP contribution in [0.5, 0.6) is 0 Å². The lowest BCUT2D eigenvalue weighted by Gasteiger charge is -2.00. The van der Waals surface area contributed by atoms with E-state index in [0.717, 1.165) is 13.1 Å². The van der Waals surface area contributed by atoms with Gasteiger partial charge in [-0.05, 0) is 13.1 Å². The van der Waals surface area contributed by atoms with Crippen molar-refractivity contribution in [3.8, 4) is 12.0 Å². The summed E-state index contributed by atoms with van der Waals surface area (Å²) < 4.78 is 0. The van der Waals surface area contributed by atoms with Crippen LogP contribution in [0.3, 0.4) is 0 Å². The molecule has 0 rings (SSSR count). The van der Waals surface area contributed by atoms with Crippen LogP contribution in [-0.2, 0) is 0 Å². The molecule has 0 unspecified atom stereocenters. The van der Waals surface area contributed by atoms with Crippen molar-refractivity contribution in [3.05, 3.63) is 0 Å². The van der Waals surface area contributed by atoms with Crippen LogP contribution in [0, 0.1) is 12.0 Å². The third kappa shape index (κ3) is 26.0. The lowest BCUT2D eigenvalue weighted by Crippen LogP contribution is -2.15. The summed E-state index contributed by atoms with van der Waals surface area (Å²) in [4.78, 5) is 0. The molecule has 0 aliphatic heterocycles. The van der Waals surface area contributed by atoms with Gasteiger partial charge in [0.2, 0.25) is 0 Å². The van der Waals surface area contributed by atoms with Gasteiger partial charge in [0.05, 0.1) is 0 Å². The molecule has 11 heavy (non-hydrogen) atoms. The minimum absolute atomic E-state index is 1.09. The molecule has 0 saturated carbocycles. The minimum atomic E-state index is -1.10. The molecule has 0 aromatic heterocycles. The van der Waals surface area contributed by atoms with Crippen LogP contribution < -0.4 is 5.32 Å². The first-order chi connectivity index (χ1) is 4.97. The summed E-state index contributed by atoms with van der Waals surface area (Å²) in [7, 11) is -1.10. The van der Waals surface area contributed by atoms with Gasteiger partial charge in [-0.25, -0.2) is 0 Å². The van der Waals surface area contributed by atoms with E-state index < -0.39 is 8.07 Å². The normalized spacial score (nSPS) is 9.45. The van der Waals surface area contributed by atoms with Crippen molar-refractivity contribution in [1.29, 1.82) is 0 Å². The number of nitrogens with one attached hydrogen (secondary N) is 1. The maximum Gasteiger partial charge on any atom is 0.128 e. The summed E-state index contributed by atoms with van der Waals surface area (Å²) in [5, 5.41) is 3.11. The van der Waals surface area contributed by atoms with E-state index in [0.29, 0.717) is 0 Å². The van der Waals surface area contributed by atoms with Crippen molar-refractivity contribution in [3.63, 3.8) is 0 Å². The van der Waals surface area contributed by atoms with Crippen LogP contribution in [0.1, 0.15) is 13.8 Å². The van der Waals surface area contributed by atoms with Gasteiger partial charge in [-0.3, -0.25) is 0 Å². The molecule has 0 radical (unpaired) electrons. The van der Waals surface area contributed by atoms with Gasteiger partial charge in [-0.15, -0.1) is 12.0 Å². The topological polar surface area (TPSA) is 12.0 Å². The van der Waals surface area contributed by atoms with Crippen LogP contribution in [0.2, 0.25) is 19.6 Å². The van der Waals surface area contributed by atoms with Gasteiger partial charge < -0.3 is 5.32 Å². The molecule has 0 heterocycles. The fourth-order valence-corrected chi connectivity index (χ4v) is 0.250. The molecular formula is C9H21NSi. The first-order valence-electron chi connectivity index (χ1n) is 4.16. The SMILES string of the molecule is C#C[Si](C)(C)C.CCNCC. The Morgan fingerprint density at radius 3 is 1.45 bits per heavy atom. The van der Waals surface area contributed by atoms with Crippen LogP contribution in [0.4, 0.5) is 0 Å². The monoisotopic (exact) mass is 171 g/mol. The maximum absolute atomic E-state index is 5.12. The van der Waals surface area contributed by atoms with Crippen molar-refractivity contribution < 1.29 is 0 Å². The highest BCUT2D eigenvalue weighted by atomic mass is 28.3. The van der Waals surface area contributed by atoms with E-state index in [1.165, 1.54) is 0 Å². The zero-order valence-electron chi connectivity index (χ0n) is 8.49. The Morgan fingerprint density at radius 2 is 1.45 bits per heavy atom. The summed E-state index contributed by atoms with van der Waals surface area (Å²) in [6.07, 6.45) is 5.12. The fourth-order valence-electron chi connectivity index (χ4n) is 0.250. The fraction of sp³-hybridized carbons (Fsp3) is 0.778. The Hall–Kier alpha value is -0.263. The largest absolute Gasteiger partial charge is 0.317 e. The van der Waals surface area contributed by atoms with Gasteiger partial charge in [0.1, 0.15) is 8.07 Å². The van der Waals surface area contributed by atoms with E-state index in [2.05, 4.69) is 44.3 Å². The Balaban J connectivity index is 0. The molecule has 0 fully saturated rings. The molecule has 0 aliphatic carbocycles. The lowest BCUT2D eigenvalue weighted by atomic mass is 10.7. The average molecular weight is 171 g/mol. The highest BCUT2D eigenvalue weighted by Gasteiger charge is 2.05. The van der Waals surface area contributed by atoms with Gasteiger partial charge in [0, 0.05) is 0 Å². The van der Waals surface area contributed by atoms with Gasteiger partial charge in [-0.2, -0.15) is 0 Å². The minimum Gasteiger partial charge on any atom is -0.317 e. The third-order valence-electron chi connectivity index (χ3n) is 0.933. The molecule has 0 spiro atoms. The van der Waals surface area contributed by atoms with Crippen molar-refractivity contribution in [1.82, 2.24) is 5.32 Å². The highest BCUT2D eigenvalue weighted by Crippen LogP contribution is 1.94. The summed E-state index contributed by atoms with van der Waals surface area (Å²) in [5.41, 5.74) is 2.74. The summed E-state index contributed by atoms with van der Waals surface area (Å²) in [6, 6.07) is 0. The van der Waals surface area contributed by atoms with E-state index in [4.69, 9.17) is 6.42 Å². The first kappa shape index (κ1) is 13.3. The molecule has 0 amide bonds. The molecule has 0 aliphatic rings. The Labute approximate surface area is 72.6 Å². The number of hydrogen-bond acceptors (Lipinski definition) is 1. The molecule has 0 bridgehead atoms. The van der Waals surface area contributed by atoms with Crippen LogP contribution >= 0.6 is 0 Å². The Morgan fingerprint density at radius 1 is 1.18 bits per heavy atom. The van der Waals surface area contributed by atoms with Crippen LogP contribution in [0.25, 0.3) is 0 Å². The molecule has 0 atom stereocenters. The predicted molar refractivity (Wildman–Crippen MR) is 56.4 cm³/mol. The van der Waals surface area contributed by atoms with Crippen molar-refractivity contribution in [2.45, 2.75) is 33.5 Å². The molecule has 2 heteroatoms. The average Bonchev–Trinajstić information content (AvgIpc) is 1.90. The standard InChI is InChI=1S/C5H10Si.C4H11N/c1-5-6(2,3)4;1-3-5-4-2/h1H,2-4H3;5H,3-4H2,1-2H3. The maximum atomic E-state index is 5.12. The molecule has 0 aromatic carbocycles. The number of terminal acetylenes is 1. The first-order valence-corrected chi connectivity index (χ1v) is 7.66. The van der Waals surface area contributed by atoms with E-state index in [1.54, 1.807) is 0 Å². The number of rotatable bonds is 2. The van der Waals surface area contributed by atoms with Gasteiger partial charge in [0.15, 0.2) is 0 Å². The molecule has 66 valence electrons.